The lowest BCUT2D eigenvalue weighted by Gasteiger charge is -2.27. The molecule has 1 aromatic rings. The number of benzene rings is 1. The van der Waals surface area contributed by atoms with Gasteiger partial charge in [-0.2, -0.15) is 0 Å². The highest BCUT2D eigenvalue weighted by atomic mass is 16.2. The first-order valence-electron chi connectivity index (χ1n) is 10.7. The summed E-state index contributed by atoms with van der Waals surface area (Å²) in [6.07, 6.45) is 4.80. The van der Waals surface area contributed by atoms with E-state index >= 15 is 0 Å². The maximum absolute atomic E-state index is 12.6. The molecular formula is C22H32N4O3. The van der Waals surface area contributed by atoms with Gasteiger partial charge in [-0.25, -0.2) is 4.79 Å². The number of piperidine rings is 1. The van der Waals surface area contributed by atoms with E-state index in [2.05, 4.69) is 21.6 Å². The number of nitrogens with zero attached hydrogens (tertiary/aromatic N) is 2. The lowest BCUT2D eigenvalue weighted by atomic mass is 9.93. The van der Waals surface area contributed by atoms with Gasteiger partial charge >= 0.3 is 6.03 Å². The number of imide groups is 1. The maximum atomic E-state index is 12.6. The molecule has 4 amide bonds. The minimum Gasteiger partial charge on any atom is -0.350 e. The summed E-state index contributed by atoms with van der Waals surface area (Å²) >= 11 is 0. The number of hydrogen-bond acceptors (Lipinski definition) is 4. The number of urea groups is 1. The number of carbonyl (C=O) groups is 3. The first kappa shape index (κ1) is 21.3. The van der Waals surface area contributed by atoms with Crippen molar-refractivity contribution in [3.05, 3.63) is 35.4 Å². The number of carbonyl (C=O) groups excluding carboxylic acids is 3. The summed E-state index contributed by atoms with van der Waals surface area (Å²) in [5, 5.41) is 5.63. The summed E-state index contributed by atoms with van der Waals surface area (Å²) in [7, 11) is 0. The van der Waals surface area contributed by atoms with Crippen LogP contribution in [0.25, 0.3) is 0 Å². The fourth-order valence-corrected chi connectivity index (χ4v) is 4.18. The van der Waals surface area contributed by atoms with E-state index in [4.69, 9.17) is 0 Å². The van der Waals surface area contributed by atoms with Crippen molar-refractivity contribution in [3.63, 3.8) is 0 Å². The molecule has 7 nitrogen and oxygen atoms in total. The van der Waals surface area contributed by atoms with E-state index in [9.17, 15) is 14.4 Å². The van der Waals surface area contributed by atoms with Gasteiger partial charge in [0.2, 0.25) is 5.91 Å². The van der Waals surface area contributed by atoms with Crippen LogP contribution in [0.4, 0.5) is 4.79 Å². The molecule has 2 saturated heterocycles. The van der Waals surface area contributed by atoms with Gasteiger partial charge < -0.3 is 10.6 Å². The van der Waals surface area contributed by atoms with Gasteiger partial charge in [-0.05, 0) is 49.9 Å². The first-order chi connectivity index (χ1) is 14.0. The summed E-state index contributed by atoms with van der Waals surface area (Å²) < 4.78 is 0. The van der Waals surface area contributed by atoms with Gasteiger partial charge in [-0.1, -0.05) is 44.5 Å². The van der Waals surface area contributed by atoms with Crippen molar-refractivity contribution in [1.82, 2.24) is 20.4 Å². The zero-order valence-corrected chi connectivity index (χ0v) is 17.5. The van der Waals surface area contributed by atoms with Gasteiger partial charge in [0, 0.05) is 13.1 Å². The second-order valence-corrected chi connectivity index (χ2v) is 7.99. The van der Waals surface area contributed by atoms with Crippen molar-refractivity contribution in [1.29, 1.82) is 0 Å². The molecule has 0 spiro atoms. The molecule has 2 aliphatic heterocycles. The molecule has 7 heteroatoms. The van der Waals surface area contributed by atoms with Crippen molar-refractivity contribution in [3.8, 4) is 0 Å². The standard InChI is InChI=1S/C22H32N4O3/c1-3-22(4-2)20(28)26(21(29)24-22)16-19(27)23-14-17-10-6-7-11-18(17)15-25-12-8-5-9-13-25/h6-7,10-11H,3-5,8-9,12-16H2,1-2H3,(H,23,27)(H,24,29). The summed E-state index contributed by atoms with van der Waals surface area (Å²) in [5.41, 5.74) is 1.40. The van der Waals surface area contributed by atoms with Crippen LogP contribution in [0.1, 0.15) is 57.1 Å². The van der Waals surface area contributed by atoms with E-state index in [1.54, 1.807) is 0 Å². The molecule has 2 N–H and O–H groups in total. The Morgan fingerprint density at radius 2 is 1.72 bits per heavy atom. The lowest BCUT2D eigenvalue weighted by Crippen LogP contribution is -2.46. The van der Waals surface area contributed by atoms with Gasteiger partial charge in [0.1, 0.15) is 12.1 Å². The average molecular weight is 401 g/mol. The van der Waals surface area contributed by atoms with E-state index in [1.807, 2.05) is 32.0 Å². The minimum atomic E-state index is -0.877. The predicted molar refractivity (Wildman–Crippen MR) is 111 cm³/mol. The molecule has 2 fully saturated rings. The molecule has 0 atom stereocenters. The van der Waals surface area contributed by atoms with Crippen LogP contribution in [0.3, 0.4) is 0 Å². The molecule has 0 bridgehead atoms. The third kappa shape index (κ3) is 4.78. The van der Waals surface area contributed by atoms with Gasteiger partial charge in [-0.3, -0.25) is 19.4 Å². The average Bonchev–Trinajstić information content (AvgIpc) is 2.98. The Morgan fingerprint density at radius 1 is 1.07 bits per heavy atom. The Labute approximate surface area is 172 Å². The Kier molecular flexibility index (Phi) is 6.90. The Morgan fingerprint density at radius 3 is 2.34 bits per heavy atom. The zero-order valence-electron chi connectivity index (χ0n) is 17.5. The normalized spacial score (nSPS) is 19.3. The molecule has 29 heavy (non-hydrogen) atoms. The molecule has 158 valence electrons. The summed E-state index contributed by atoms with van der Waals surface area (Å²) in [6, 6.07) is 7.62. The monoisotopic (exact) mass is 400 g/mol. The minimum absolute atomic E-state index is 0.249. The number of hydrogen-bond donors (Lipinski definition) is 2. The molecular weight excluding hydrogens is 368 g/mol. The van der Waals surface area contributed by atoms with Crippen LogP contribution >= 0.6 is 0 Å². The van der Waals surface area contributed by atoms with Crippen LogP contribution in [-0.4, -0.2) is 52.8 Å². The first-order valence-corrected chi connectivity index (χ1v) is 10.7. The Bertz CT molecular complexity index is 754. The third-order valence-electron chi connectivity index (χ3n) is 6.19. The Hall–Kier alpha value is -2.41. The third-order valence-corrected chi connectivity index (χ3v) is 6.19. The van der Waals surface area contributed by atoms with Gasteiger partial charge in [0.25, 0.3) is 5.91 Å². The summed E-state index contributed by atoms with van der Waals surface area (Å²) in [6.45, 7) is 6.98. The summed E-state index contributed by atoms with van der Waals surface area (Å²) in [4.78, 5) is 40.8. The number of rotatable bonds is 8. The highest BCUT2D eigenvalue weighted by Crippen LogP contribution is 2.24. The van der Waals surface area contributed by atoms with Crippen molar-refractivity contribution >= 4 is 17.8 Å². The second-order valence-electron chi connectivity index (χ2n) is 7.99. The van der Waals surface area contributed by atoms with Gasteiger partial charge in [-0.15, -0.1) is 0 Å². The quantitative estimate of drug-likeness (QED) is 0.657. The lowest BCUT2D eigenvalue weighted by molar-refractivity contribution is -0.135. The van der Waals surface area contributed by atoms with Crippen molar-refractivity contribution in [2.45, 2.75) is 64.6 Å². The SMILES string of the molecule is CCC1(CC)NC(=O)N(CC(=O)NCc2ccccc2CN2CCCCC2)C1=O. The molecule has 0 saturated carbocycles. The largest absolute Gasteiger partial charge is 0.350 e. The molecule has 2 heterocycles. The molecule has 2 aliphatic rings. The highest BCUT2D eigenvalue weighted by molar-refractivity contribution is 6.08. The molecule has 0 aliphatic carbocycles. The second kappa shape index (κ2) is 9.39. The fourth-order valence-electron chi connectivity index (χ4n) is 4.18. The van der Waals surface area contributed by atoms with E-state index in [-0.39, 0.29) is 18.4 Å². The number of nitrogens with one attached hydrogen (secondary N) is 2. The predicted octanol–water partition coefficient (Wildman–Crippen LogP) is 2.40. The van der Waals surface area contributed by atoms with E-state index in [1.165, 1.54) is 24.8 Å². The fraction of sp³-hybridized carbons (Fsp3) is 0.591. The molecule has 1 aromatic carbocycles. The topological polar surface area (TPSA) is 81.8 Å². The van der Waals surface area contributed by atoms with Crippen LogP contribution in [0.2, 0.25) is 0 Å². The molecule has 0 radical (unpaired) electrons. The Balaban J connectivity index is 1.57. The smallest absolute Gasteiger partial charge is 0.325 e. The van der Waals surface area contributed by atoms with E-state index < -0.39 is 11.6 Å². The van der Waals surface area contributed by atoms with E-state index in [0.717, 1.165) is 30.1 Å². The maximum Gasteiger partial charge on any atom is 0.325 e. The van der Waals surface area contributed by atoms with Gasteiger partial charge in [0.15, 0.2) is 0 Å². The number of amides is 4. The zero-order chi connectivity index (χ0) is 20.9. The van der Waals surface area contributed by atoms with Crippen molar-refractivity contribution < 1.29 is 14.4 Å². The molecule has 0 unspecified atom stereocenters. The van der Waals surface area contributed by atoms with Crippen LogP contribution in [0.15, 0.2) is 24.3 Å². The van der Waals surface area contributed by atoms with Gasteiger partial charge in [0.05, 0.1) is 0 Å². The molecule has 0 aromatic heterocycles. The highest BCUT2D eigenvalue weighted by Gasteiger charge is 2.49. The van der Waals surface area contributed by atoms with Crippen LogP contribution in [0.5, 0.6) is 0 Å². The van der Waals surface area contributed by atoms with Crippen molar-refractivity contribution in [2.24, 2.45) is 0 Å². The van der Waals surface area contributed by atoms with Crippen molar-refractivity contribution in [2.75, 3.05) is 19.6 Å². The number of likely N-dealkylation sites (tertiary alicyclic amines) is 1. The van der Waals surface area contributed by atoms with Crippen LogP contribution in [-0.2, 0) is 22.7 Å². The molecule has 3 rings (SSSR count). The summed E-state index contributed by atoms with van der Waals surface area (Å²) in [5.74, 6) is -0.641. The van der Waals surface area contributed by atoms with Crippen LogP contribution in [0, 0.1) is 0 Å². The van der Waals surface area contributed by atoms with E-state index in [0.29, 0.717) is 19.4 Å². The van der Waals surface area contributed by atoms with Crippen LogP contribution < -0.4 is 10.6 Å².